The number of aliphatic hydroxyl groups excluding tert-OH is 1. The first-order chi connectivity index (χ1) is 18.9. The summed E-state index contributed by atoms with van der Waals surface area (Å²) in [7, 11) is 2.08. The summed E-state index contributed by atoms with van der Waals surface area (Å²) in [5, 5.41) is 10.0. The summed E-state index contributed by atoms with van der Waals surface area (Å²) in [6.07, 6.45) is -8.19. The second kappa shape index (κ2) is 12.3. The third-order valence-electron chi connectivity index (χ3n) is 7.90. The van der Waals surface area contributed by atoms with Gasteiger partial charge in [0.25, 0.3) is 0 Å². The van der Waals surface area contributed by atoms with Crippen LogP contribution >= 0.6 is 0 Å². The number of hydrogen-bond acceptors (Lipinski definition) is 3. The van der Waals surface area contributed by atoms with Crippen LogP contribution in [-0.4, -0.2) is 36.3 Å². The van der Waals surface area contributed by atoms with E-state index in [1.807, 2.05) is 48.5 Å². The molecule has 1 saturated carbocycles. The first-order valence-corrected chi connectivity index (χ1v) is 13.2. The van der Waals surface area contributed by atoms with Crippen molar-refractivity contribution in [3.8, 4) is 0 Å². The molecule has 0 spiro atoms. The van der Waals surface area contributed by atoms with Gasteiger partial charge in [-0.1, -0.05) is 60.7 Å². The van der Waals surface area contributed by atoms with Crippen LogP contribution in [0.25, 0.3) is 0 Å². The van der Waals surface area contributed by atoms with Crippen molar-refractivity contribution in [1.82, 2.24) is 4.90 Å². The summed E-state index contributed by atoms with van der Waals surface area (Å²) in [5.74, 6) is 0. The van der Waals surface area contributed by atoms with Crippen molar-refractivity contribution in [1.29, 1.82) is 0 Å². The number of halogens is 6. The lowest BCUT2D eigenvalue weighted by molar-refractivity contribution is -0.143. The molecule has 3 aromatic carbocycles. The van der Waals surface area contributed by atoms with E-state index in [1.165, 1.54) is 5.56 Å². The van der Waals surface area contributed by atoms with Crippen molar-refractivity contribution in [2.75, 3.05) is 20.3 Å². The fourth-order valence-corrected chi connectivity index (χ4v) is 5.58. The van der Waals surface area contributed by atoms with Crippen LogP contribution in [-0.2, 0) is 29.0 Å². The first kappa shape index (κ1) is 30.1. The molecule has 0 radical (unpaired) electrons. The monoisotopic (exact) mass is 565 g/mol. The van der Waals surface area contributed by atoms with Gasteiger partial charge in [-0.25, -0.2) is 0 Å². The van der Waals surface area contributed by atoms with Crippen LogP contribution in [0.5, 0.6) is 0 Å². The van der Waals surface area contributed by atoms with Crippen LogP contribution in [0.15, 0.2) is 78.9 Å². The number of nitrogens with zero attached hydrogens (tertiary/aromatic N) is 1. The Bertz CT molecular complexity index is 1190. The van der Waals surface area contributed by atoms with Gasteiger partial charge >= 0.3 is 12.4 Å². The third-order valence-corrected chi connectivity index (χ3v) is 7.90. The van der Waals surface area contributed by atoms with Crippen LogP contribution in [0.1, 0.15) is 59.6 Å². The van der Waals surface area contributed by atoms with Gasteiger partial charge in [0.1, 0.15) is 6.10 Å². The van der Waals surface area contributed by atoms with Crippen molar-refractivity contribution >= 4 is 0 Å². The van der Waals surface area contributed by atoms with Gasteiger partial charge in [0.05, 0.1) is 24.3 Å². The summed E-state index contributed by atoms with van der Waals surface area (Å²) in [6.45, 7) is 0.0882. The van der Waals surface area contributed by atoms with Gasteiger partial charge in [-0.15, -0.1) is 0 Å². The molecule has 40 heavy (non-hydrogen) atoms. The molecule has 216 valence electrons. The van der Waals surface area contributed by atoms with E-state index in [0.29, 0.717) is 18.2 Å². The number of aliphatic hydroxyl groups is 1. The molecule has 1 atom stereocenters. The zero-order valence-corrected chi connectivity index (χ0v) is 22.2. The molecule has 3 aromatic rings. The quantitative estimate of drug-likeness (QED) is 0.269. The second-order valence-corrected chi connectivity index (χ2v) is 10.6. The largest absolute Gasteiger partial charge is 0.416 e. The van der Waals surface area contributed by atoms with Gasteiger partial charge in [-0.3, -0.25) is 4.90 Å². The first-order valence-electron chi connectivity index (χ1n) is 13.2. The topological polar surface area (TPSA) is 32.7 Å². The molecule has 1 aliphatic rings. The Hall–Kier alpha value is -2.88. The highest BCUT2D eigenvalue weighted by Crippen LogP contribution is 2.43. The highest BCUT2D eigenvalue weighted by molar-refractivity contribution is 5.35. The maximum absolute atomic E-state index is 13.4. The van der Waals surface area contributed by atoms with Gasteiger partial charge in [0.15, 0.2) is 0 Å². The fraction of sp³-hybridized carbons (Fsp3) is 0.419. The summed E-state index contributed by atoms with van der Waals surface area (Å²) in [6, 6.07) is 21.4. The van der Waals surface area contributed by atoms with Crippen molar-refractivity contribution < 1.29 is 36.2 Å². The molecule has 0 bridgehead atoms. The Kier molecular flexibility index (Phi) is 9.27. The van der Waals surface area contributed by atoms with Gasteiger partial charge < -0.3 is 9.84 Å². The Morgan fingerprint density at radius 1 is 0.850 bits per heavy atom. The zero-order valence-electron chi connectivity index (χ0n) is 22.2. The highest BCUT2D eigenvalue weighted by atomic mass is 19.4. The lowest BCUT2D eigenvalue weighted by Gasteiger charge is -2.43. The molecule has 1 unspecified atom stereocenters. The van der Waals surface area contributed by atoms with E-state index in [1.54, 1.807) is 0 Å². The predicted molar refractivity (Wildman–Crippen MR) is 141 cm³/mol. The summed E-state index contributed by atoms with van der Waals surface area (Å²) < 4.78 is 86.6. The van der Waals surface area contributed by atoms with Crippen LogP contribution in [0, 0.1) is 0 Å². The van der Waals surface area contributed by atoms with Crippen molar-refractivity contribution in [2.45, 2.75) is 62.1 Å². The smallest absolute Gasteiger partial charge is 0.393 e. The van der Waals surface area contributed by atoms with E-state index in [-0.39, 0.29) is 18.2 Å². The summed E-state index contributed by atoms with van der Waals surface area (Å²) in [5.41, 5.74) is -1.51. The number of alkyl halides is 6. The maximum atomic E-state index is 13.4. The molecule has 0 saturated heterocycles. The third kappa shape index (κ3) is 7.25. The van der Waals surface area contributed by atoms with Gasteiger partial charge in [-0.2, -0.15) is 26.3 Å². The number of hydrogen-bond donors (Lipinski definition) is 1. The number of benzene rings is 3. The average molecular weight is 566 g/mol. The zero-order chi connectivity index (χ0) is 29.0. The molecule has 9 heteroatoms. The standard InChI is InChI=1S/C31H33F6NO2/c1-38(19-22-8-4-2-5-9-22)27-12-14-29(15-13-27,24-10-6-3-7-11-24)21-40-28(20-39)23-16-25(30(32,33)34)18-26(17-23)31(35,36)37/h2-11,16-18,27-28,39H,12-15,19-21H2,1H3/t27-,28?,29+. The maximum Gasteiger partial charge on any atom is 0.416 e. The minimum atomic E-state index is -4.98. The predicted octanol–water partition coefficient (Wildman–Crippen LogP) is 7.79. The van der Waals surface area contributed by atoms with Crippen molar-refractivity contribution in [3.05, 3.63) is 107 Å². The Morgan fingerprint density at radius 2 is 1.38 bits per heavy atom. The van der Waals surface area contributed by atoms with Crippen molar-refractivity contribution in [2.24, 2.45) is 0 Å². The van der Waals surface area contributed by atoms with Crippen LogP contribution in [0.2, 0.25) is 0 Å². The normalized spacial score (nSPS) is 21.0. The molecular weight excluding hydrogens is 532 g/mol. The Balaban J connectivity index is 1.54. The van der Waals surface area contributed by atoms with Gasteiger partial charge in [0, 0.05) is 18.0 Å². The molecule has 0 heterocycles. The van der Waals surface area contributed by atoms with E-state index in [9.17, 15) is 31.4 Å². The average Bonchev–Trinajstić information content (AvgIpc) is 2.93. The van der Waals surface area contributed by atoms with Gasteiger partial charge in [0.2, 0.25) is 0 Å². The highest BCUT2D eigenvalue weighted by Gasteiger charge is 2.40. The lowest BCUT2D eigenvalue weighted by Crippen LogP contribution is -2.43. The van der Waals surface area contributed by atoms with Gasteiger partial charge in [-0.05, 0) is 67.6 Å². The van der Waals surface area contributed by atoms with E-state index in [4.69, 9.17) is 4.74 Å². The van der Waals surface area contributed by atoms with Crippen LogP contribution in [0.3, 0.4) is 0 Å². The Labute approximate surface area is 230 Å². The SMILES string of the molecule is CN(Cc1ccccc1)[C@H]1CC[C@@](COC(CO)c2cc(C(F)(F)F)cc(C(F)(F)F)c2)(c2ccccc2)CC1. The number of ether oxygens (including phenoxy) is 1. The molecule has 1 N–H and O–H groups in total. The molecule has 4 rings (SSSR count). The molecule has 0 aromatic heterocycles. The molecule has 3 nitrogen and oxygen atoms in total. The second-order valence-electron chi connectivity index (χ2n) is 10.6. The minimum absolute atomic E-state index is 0.0506. The van der Waals surface area contributed by atoms with Crippen LogP contribution < -0.4 is 0 Å². The summed E-state index contributed by atoms with van der Waals surface area (Å²) in [4.78, 5) is 2.31. The van der Waals surface area contributed by atoms with E-state index < -0.39 is 41.6 Å². The molecule has 0 aliphatic heterocycles. The van der Waals surface area contributed by atoms with Crippen molar-refractivity contribution in [3.63, 3.8) is 0 Å². The lowest BCUT2D eigenvalue weighted by atomic mass is 9.68. The van der Waals surface area contributed by atoms with Crippen LogP contribution in [0.4, 0.5) is 26.3 Å². The Morgan fingerprint density at radius 3 is 1.88 bits per heavy atom. The summed E-state index contributed by atoms with van der Waals surface area (Å²) >= 11 is 0. The minimum Gasteiger partial charge on any atom is -0.393 e. The molecule has 1 aliphatic carbocycles. The van der Waals surface area contributed by atoms with E-state index in [2.05, 4.69) is 24.1 Å². The van der Waals surface area contributed by atoms with E-state index >= 15 is 0 Å². The molecule has 1 fully saturated rings. The fourth-order valence-electron chi connectivity index (χ4n) is 5.58. The molecule has 0 amide bonds. The van der Waals surface area contributed by atoms with E-state index in [0.717, 1.165) is 37.8 Å². The molecular formula is C31H33F6NO2. The number of rotatable bonds is 9.